The molecule has 0 saturated carbocycles. The van der Waals surface area contributed by atoms with Crippen LogP contribution in [0.4, 0.5) is 15.8 Å². The topological polar surface area (TPSA) is 75.6 Å². The molecule has 2 fully saturated rings. The molecule has 8 nitrogen and oxygen atoms in total. The van der Waals surface area contributed by atoms with E-state index < -0.39 is 0 Å². The molecule has 0 atom stereocenters. The average molecular weight is 549 g/mol. The molecule has 3 aromatic heterocycles. The Morgan fingerprint density at radius 3 is 2.65 bits per heavy atom. The number of ether oxygens (including phenoxy) is 2. The van der Waals surface area contributed by atoms with Gasteiger partial charge in [0.15, 0.2) is 5.82 Å². The predicted octanol–water partition coefficient (Wildman–Crippen LogP) is 5.13. The summed E-state index contributed by atoms with van der Waals surface area (Å²) in [6.07, 6.45) is 12.9. The van der Waals surface area contributed by atoms with Crippen molar-refractivity contribution in [3.05, 3.63) is 47.2 Å². The second-order valence-corrected chi connectivity index (χ2v) is 11.3. The van der Waals surface area contributed by atoms with Crippen molar-refractivity contribution in [2.24, 2.45) is 0 Å². The van der Waals surface area contributed by atoms with Gasteiger partial charge in [0.1, 0.15) is 5.52 Å². The van der Waals surface area contributed by atoms with Crippen LogP contribution in [0, 0.1) is 5.82 Å². The number of halogens is 1. The van der Waals surface area contributed by atoms with E-state index in [9.17, 15) is 4.39 Å². The fourth-order valence-corrected chi connectivity index (χ4v) is 6.45. The minimum absolute atomic E-state index is 0.258. The van der Waals surface area contributed by atoms with E-state index in [0.717, 1.165) is 80.4 Å². The Bertz CT molecular complexity index is 1310. The van der Waals surface area contributed by atoms with Gasteiger partial charge in [-0.25, -0.2) is 9.37 Å². The number of hydrogen-bond donors (Lipinski definition) is 1. The Hall–Kier alpha value is -3.04. The number of anilines is 2. The molecule has 0 unspecified atom stereocenters. The number of piperidine rings is 1. The first-order valence-corrected chi connectivity index (χ1v) is 15.0. The van der Waals surface area contributed by atoms with Gasteiger partial charge < -0.3 is 24.6 Å². The van der Waals surface area contributed by atoms with Gasteiger partial charge in [-0.2, -0.15) is 0 Å². The highest BCUT2D eigenvalue weighted by Gasteiger charge is 2.26. The van der Waals surface area contributed by atoms with E-state index in [1.165, 1.54) is 49.8 Å². The highest BCUT2D eigenvalue weighted by Crippen LogP contribution is 2.36. The first-order chi connectivity index (χ1) is 19.7. The van der Waals surface area contributed by atoms with Crippen LogP contribution in [-0.2, 0) is 24.2 Å². The molecule has 2 aliphatic heterocycles. The number of nitrogens with one attached hydrogen (secondary N) is 1. The van der Waals surface area contributed by atoms with Crippen LogP contribution in [-0.4, -0.2) is 72.3 Å². The Balaban J connectivity index is 1.23. The third-order valence-electron chi connectivity index (χ3n) is 8.66. The predicted molar refractivity (Wildman–Crippen MR) is 156 cm³/mol. The molecule has 3 aromatic rings. The van der Waals surface area contributed by atoms with Crippen LogP contribution >= 0.6 is 0 Å². The minimum Gasteiger partial charge on any atom is -0.481 e. The number of likely N-dealkylation sites (tertiary alicyclic amines) is 1. The largest absolute Gasteiger partial charge is 0.481 e. The maximum Gasteiger partial charge on any atom is 0.219 e. The molecule has 1 N–H and O–H groups in total. The molecular formula is C31H41FN6O2. The second-order valence-electron chi connectivity index (χ2n) is 11.3. The van der Waals surface area contributed by atoms with E-state index in [0.29, 0.717) is 24.8 Å². The molecule has 40 heavy (non-hydrogen) atoms. The molecule has 3 aliphatic rings. The summed E-state index contributed by atoms with van der Waals surface area (Å²) >= 11 is 0. The molecule has 1 aliphatic carbocycles. The molecule has 2 saturated heterocycles. The standard InChI is InChI=1S/C31H41FN6O2/c1-39-31-22(21-40-18-17-37-13-5-6-14-37)19-27-30(36-31)29(24-7-3-2-4-8-26(24)35-27)34-23-10-15-38(16-11-23)28-9-12-33-20-25(28)32/h9,12,19-20,23H,2-8,10-11,13-18,21H2,1H3,(H,34,35). The maximum absolute atomic E-state index is 14.3. The van der Waals surface area contributed by atoms with Crippen LogP contribution in [0.5, 0.6) is 5.88 Å². The van der Waals surface area contributed by atoms with E-state index in [1.54, 1.807) is 19.4 Å². The minimum atomic E-state index is -0.258. The van der Waals surface area contributed by atoms with Crippen LogP contribution in [0.25, 0.3) is 11.0 Å². The van der Waals surface area contributed by atoms with Crippen molar-refractivity contribution in [3.63, 3.8) is 0 Å². The van der Waals surface area contributed by atoms with Crippen LogP contribution in [0.2, 0.25) is 0 Å². The van der Waals surface area contributed by atoms with Crippen LogP contribution in [0.3, 0.4) is 0 Å². The zero-order chi connectivity index (χ0) is 27.3. The molecular weight excluding hydrogens is 507 g/mol. The average Bonchev–Trinajstić information content (AvgIpc) is 3.39. The Morgan fingerprint density at radius 2 is 1.85 bits per heavy atom. The highest BCUT2D eigenvalue weighted by atomic mass is 19.1. The maximum atomic E-state index is 14.3. The SMILES string of the molecule is COc1nc2c(NC3CCN(c4ccncc4F)CC3)c3c(nc2cc1COCCN1CCCC1)CCCCC3. The van der Waals surface area contributed by atoms with Crippen molar-refractivity contribution < 1.29 is 13.9 Å². The summed E-state index contributed by atoms with van der Waals surface area (Å²) in [4.78, 5) is 18.6. The third-order valence-corrected chi connectivity index (χ3v) is 8.66. The van der Waals surface area contributed by atoms with Gasteiger partial charge in [0, 0.05) is 43.1 Å². The van der Waals surface area contributed by atoms with E-state index in [-0.39, 0.29) is 11.9 Å². The van der Waals surface area contributed by atoms with Gasteiger partial charge in [-0.1, -0.05) is 6.42 Å². The van der Waals surface area contributed by atoms with Crippen LogP contribution in [0.1, 0.15) is 61.8 Å². The summed E-state index contributed by atoms with van der Waals surface area (Å²) in [6.45, 7) is 6.07. The highest BCUT2D eigenvalue weighted by molar-refractivity contribution is 5.91. The molecule has 0 aromatic carbocycles. The van der Waals surface area contributed by atoms with E-state index >= 15 is 0 Å². The lowest BCUT2D eigenvalue weighted by molar-refractivity contribution is 0.0975. The summed E-state index contributed by atoms with van der Waals surface area (Å²) in [5, 5.41) is 3.89. The van der Waals surface area contributed by atoms with Crippen molar-refractivity contribution in [1.29, 1.82) is 0 Å². The molecule has 214 valence electrons. The van der Waals surface area contributed by atoms with E-state index in [4.69, 9.17) is 19.4 Å². The number of aromatic nitrogens is 3. The molecule has 0 spiro atoms. The number of fused-ring (bicyclic) bond motifs is 2. The first kappa shape index (κ1) is 27.1. The van der Waals surface area contributed by atoms with E-state index in [2.05, 4.69) is 26.2 Å². The van der Waals surface area contributed by atoms with Crippen molar-refractivity contribution >= 4 is 22.4 Å². The third kappa shape index (κ3) is 6.00. The van der Waals surface area contributed by atoms with Crippen molar-refractivity contribution in [2.75, 3.05) is 56.7 Å². The molecule has 0 bridgehead atoms. The van der Waals surface area contributed by atoms with Gasteiger partial charge in [0.2, 0.25) is 5.88 Å². The van der Waals surface area contributed by atoms with Gasteiger partial charge in [-0.15, -0.1) is 0 Å². The molecule has 6 rings (SSSR count). The fourth-order valence-electron chi connectivity index (χ4n) is 6.45. The lowest BCUT2D eigenvalue weighted by Crippen LogP contribution is -2.39. The fraction of sp³-hybridized carbons (Fsp3) is 0.581. The number of hydrogen-bond acceptors (Lipinski definition) is 8. The second kappa shape index (κ2) is 12.6. The summed E-state index contributed by atoms with van der Waals surface area (Å²) < 4.78 is 26.2. The van der Waals surface area contributed by atoms with Gasteiger partial charge >= 0.3 is 0 Å². The number of nitrogens with zero attached hydrogens (tertiary/aromatic N) is 5. The number of aryl methyl sites for hydroxylation is 1. The zero-order valence-electron chi connectivity index (χ0n) is 23.6. The Labute approximate surface area is 236 Å². The number of rotatable bonds is 9. The van der Waals surface area contributed by atoms with Crippen LogP contribution < -0.4 is 15.0 Å². The van der Waals surface area contributed by atoms with Crippen molar-refractivity contribution in [2.45, 2.75) is 70.4 Å². The normalized spacial score (nSPS) is 18.6. The van der Waals surface area contributed by atoms with Crippen LogP contribution in [0.15, 0.2) is 24.5 Å². The smallest absolute Gasteiger partial charge is 0.219 e. The monoisotopic (exact) mass is 548 g/mol. The molecule has 5 heterocycles. The lowest BCUT2D eigenvalue weighted by atomic mass is 10.00. The Kier molecular flexibility index (Phi) is 8.58. The quantitative estimate of drug-likeness (QED) is 0.291. The zero-order valence-corrected chi connectivity index (χ0v) is 23.6. The van der Waals surface area contributed by atoms with Gasteiger partial charge in [-0.05, 0) is 82.2 Å². The molecule has 0 amide bonds. The van der Waals surface area contributed by atoms with Gasteiger partial charge in [-0.3, -0.25) is 9.97 Å². The van der Waals surface area contributed by atoms with Crippen molar-refractivity contribution in [1.82, 2.24) is 19.9 Å². The summed E-state index contributed by atoms with van der Waals surface area (Å²) in [7, 11) is 1.68. The molecule has 0 radical (unpaired) electrons. The number of methoxy groups -OCH3 is 1. The summed E-state index contributed by atoms with van der Waals surface area (Å²) in [5.41, 5.74) is 6.96. The molecule has 9 heteroatoms. The first-order valence-electron chi connectivity index (χ1n) is 15.0. The Morgan fingerprint density at radius 1 is 1.02 bits per heavy atom. The van der Waals surface area contributed by atoms with Gasteiger partial charge in [0.25, 0.3) is 0 Å². The van der Waals surface area contributed by atoms with Crippen molar-refractivity contribution in [3.8, 4) is 5.88 Å². The van der Waals surface area contributed by atoms with E-state index in [1.807, 2.05) is 0 Å². The summed E-state index contributed by atoms with van der Waals surface area (Å²) in [5.74, 6) is 0.349. The summed E-state index contributed by atoms with van der Waals surface area (Å²) in [6, 6.07) is 4.16. The van der Waals surface area contributed by atoms with Gasteiger partial charge in [0.05, 0.1) is 43.4 Å². The lowest BCUT2D eigenvalue weighted by Gasteiger charge is -2.35. The number of pyridine rings is 3.